The first-order valence-electron chi connectivity index (χ1n) is 10.4. The summed E-state index contributed by atoms with van der Waals surface area (Å²) in [7, 11) is 0. The summed E-state index contributed by atoms with van der Waals surface area (Å²) in [6.45, 7) is 4.61. The maximum atomic E-state index is 11.8. The number of ether oxygens (including phenoxy) is 4. The standard InChI is InChI=1S/C19H36N4O8S/c1-15(23-17(25)3-13-32)19(27)22-14-18(26)21-4-6-29-8-10-31-12-11-30-9-7-28-5-2-16(20)24/h15,32H,2-14H2,1H3,(H2,20,24)(H,21,26)(H,22,27)(H,23,25). The Labute approximate surface area is 194 Å². The Balaban J connectivity index is 3.43. The van der Waals surface area contributed by atoms with Crippen LogP contribution >= 0.6 is 12.6 Å². The highest BCUT2D eigenvalue weighted by molar-refractivity contribution is 7.80. The molecule has 0 aliphatic rings. The number of nitrogens with two attached hydrogens (primary N) is 1. The van der Waals surface area contributed by atoms with Crippen LogP contribution in [-0.2, 0) is 38.1 Å². The smallest absolute Gasteiger partial charge is 0.242 e. The number of amides is 4. The average molecular weight is 481 g/mol. The average Bonchev–Trinajstić information content (AvgIpc) is 2.74. The summed E-state index contributed by atoms with van der Waals surface area (Å²) in [5.41, 5.74) is 4.98. The zero-order valence-electron chi connectivity index (χ0n) is 18.6. The molecule has 13 heteroatoms. The number of thiol groups is 1. The van der Waals surface area contributed by atoms with Crippen LogP contribution in [0.3, 0.4) is 0 Å². The van der Waals surface area contributed by atoms with E-state index in [0.717, 1.165) is 0 Å². The lowest BCUT2D eigenvalue weighted by Crippen LogP contribution is -2.47. The van der Waals surface area contributed by atoms with Crippen molar-refractivity contribution >= 4 is 36.3 Å². The molecular formula is C19H36N4O8S. The highest BCUT2D eigenvalue weighted by Crippen LogP contribution is 1.88. The predicted molar refractivity (Wildman–Crippen MR) is 119 cm³/mol. The second-order valence-corrected chi connectivity index (χ2v) is 6.94. The van der Waals surface area contributed by atoms with Crippen LogP contribution in [0.4, 0.5) is 0 Å². The lowest BCUT2D eigenvalue weighted by atomic mass is 10.3. The minimum absolute atomic E-state index is 0.190. The van der Waals surface area contributed by atoms with Crippen molar-refractivity contribution < 1.29 is 38.1 Å². The van der Waals surface area contributed by atoms with Gasteiger partial charge in [-0.2, -0.15) is 12.6 Å². The molecule has 12 nitrogen and oxygen atoms in total. The van der Waals surface area contributed by atoms with Crippen LogP contribution in [0.5, 0.6) is 0 Å². The molecule has 0 aliphatic heterocycles. The number of carbonyl (C=O) groups excluding carboxylic acids is 4. The van der Waals surface area contributed by atoms with Gasteiger partial charge in [-0.1, -0.05) is 0 Å². The molecule has 186 valence electrons. The van der Waals surface area contributed by atoms with Gasteiger partial charge in [0.15, 0.2) is 0 Å². The topological polar surface area (TPSA) is 167 Å². The molecule has 1 unspecified atom stereocenters. The number of nitrogens with one attached hydrogen (secondary N) is 3. The van der Waals surface area contributed by atoms with E-state index < -0.39 is 17.9 Å². The van der Waals surface area contributed by atoms with Crippen LogP contribution in [0.15, 0.2) is 0 Å². The Morgan fingerprint density at radius 3 is 1.84 bits per heavy atom. The highest BCUT2D eigenvalue weighted by atomic mass is 32.1. The first kappa shape index (κ1) is 30.1. The molecule has 32 heavy (non-hydrogen) atoms. The number of hydrogen-bond acceptors (Lipinski definition) is 9. The number of primary amides is 1. The third-order valence-corrected chi connectivity index (χ3v) is 3.93. The van der Waals surface area contributed by atoms with Crippen molar-refractivity contribution in [3.8, 4) is 0 Å². The molecule has 0 rings (SSSR count). The van der Waals surface area contributed by atoms with Crippen molar-refractivity contribution in [1.82, 2.24) is 16.0 Å². The minimum atomic E-state index is -0.731. The molecular weight excluding hydrogens is 444 g/mol. The van der Waals surface area contributed by atoms with Gasteiger partial charge in [-0.15, -0.1) is 0 Å². The van der Waals surface area contributed by atoms with E-state index in [-0.39, 0.29) is 37.8 Å². The molecule has 0 aromatic rings. The monoisotopic (exact) mass is 480 g/mol. The van der Waals surface area contributed by atoms with Gasteiger partial charge in [0.1, 0.15) is 6.04 Å². The van der Waals surface area contributed by atoms with Crippen molar-refractivity contribution in [1.29, 1.82) is 0 Å². The van der Waals surface area contributed by atoms with Crippen LogP contribution in [0.25, 0.3) is 0 Å². The summed E-state index contributed by atoms with van der Waals surface area (Å²) in [6, 6.07) is -0.731. The normalized spacial score (nSPS) is 11.6. The van der Waals surface area contributed by atoms with E-state index in [9.17, 15) is 19.2 Å². The van der Waals surface area contributed by atoms with Gasteiger partial charge in [-0.25, -0.2) is 0 Å². The van der Waals surface area contributed by atoms with Crippen LogP contribution in [-0.4, -0.2) is 101 Å². The fourth-order valence-corrected chi connectivity index (χ4v) is 2.26. The number of hydrogen-bond donors (Lipinski definition) is 5. The zero-order valence-corrected chi connectivity index (χ0v) is 19.5. The molecule has 0 aliphatic carbocycles. The second-order valence-electron chi connectivity index (χ2n) is 6.50. The molecule has 4 amide bonds. The van der Waals surface area contributed by atoms with Gasteiger partial charge in [-0.05, 0) is 12.7 Å². The largest absolute Gasteiger partial charge is 0.379 e. The predicted octanol–water partition coefficient (Wildman–Crippen LogP) is -2.01. The third-order valence-electron chi connectivity index (χ3n) is 3.71. The van der Waals surface area contributed by atoms with E-state index in [1.165, 1.54) is 6.92 Å². The molecule has 0 aromatic carbocycles. The van der Waals surface area contributed by atoms with Gasteiger partial charge in [0, 0.05) is 19.4 Å². The van der Waals surface area contributed by atoms with E-state index in [0.29, 0.717) is 58.5 Å². The summed E-state index contributed by atoms with van der Waals surface area (Å²) < 4.78 is 21.1. The SMILES string of the molecule is CC(NC(=O)CCS)C(=O)NCC(=O)NCCOCCOCCOCCOCCC(N)=O. The van der Waals surface area contributed by atoms with E-state index in [4.69, 9.17) is 24.7 Å². The summed E-state index contributed by atoms with van der Waals surface area (Å²) in [5.74, 6) is -1.08. The van der Waals surface area contributed by atoms with E-state index in [1.807, 2.05) is 0 Å². The van der Waals surface area contributed by atoms with E-state index in [1.54, 1.807) is 0 Å². The lowest BCUT2D eigenvalue weighted by Gasteiger charge is -2.14. The first-order chi connectivity index (χ1) is 15.4. The van der Waals surface area contributed by atoms with Gasteiger partial charge < -0.3 is 40.6 Å². The Morgan fingerprint density at radius 2 is 1.31 bits per heavy atom. The molecule has 0 spiro atoms. The maximum absolute atomic E-state index is 11.8. The zero-order chi connectivity index (χ0) is 24.0. The molecule has 0 fully saturated rings. The summed E-state index contributed by atoms with van der Waals surface area (Å²) in [5, 5.41) is 7.57. The molecule has 0 saturated carbocycles. The van der Waals surface area contributed by atoms with Gasteiger partial charge in [-0.3, -0.25) is 19.2 Å². The van der Waals surface area contributed by atoms with Crippen LogP contribution < -0.4 is 21.7 Å². The fraction of sp³-hybridized carbons (Fsp3) is 0.789. The molecule has 1 atom stereocenters. The van der Waals surface area contributed by atoms with E-state index in [2.05, 4.69) is 28.6 Å². The second kappa shape index (κ2) is 20.9. The number of rotatable bonds is 21. The summed E-state index contributed by atoms with van der Waals surface area (Å²) in [6.07, 6.45) is 0.414. The Hall–Kier alpha value is -1.93. The van der Waals surface area contributed by atoms with Crippen molar-refractivity contribution in [3.63, 3.8) is 0 Å². The molecule has 0 aromatic heterocycles. The fourth-order valence-electron chi connectivity index (χ4n) is 2.06. The van der Waals surface area contributed by atoms with Crippen LogP contribution in [0.1, 0.15) is 19.8 Å². The van der Waals surface area contributed by atoms with Crippen molar-refractivity contribution in [2.75, 3.05) is 71.7 Å². The van der Waals surface area contributed by atoms with Gasteiger partial charge in [0.05, 0.1) is 59.4 Å². The minimum Gasteiger partial charge on any atom is -0.379 e. The molecule has 5 N–H and O–H groups in total. The number of carbonyl (C=O) groups is 4. The summed E-state index contributed by atoms with van der Waals surface area (Å²) in [4.78, 5) is 45.4. The van der Waals surface area contributed by atoms with Crippen molar-refractivity contribution in [3.05, 3.63) is 0 Å². The molecule has 0 heterocycles. The molecule has 0 saturated heterocycles. The molecule has 0 radical (unpaired) electrons. The quantitative estimate of drug-likeness (QED) is 0.0927. The van der Waals surface area contributed by atoms with E-state index >= 15 is 0 Å². The van der Waals surface area contributed by atoms with Gasteiger partial charge in [0.25, 0.3) is 0 Å². The lowest BCUT2D eigenvalue weighted by molar-refractivity contribution is -0.129. The summed E-state index contributed by atoms with van der Waals surface area (Å²) >= 11 is 3.94. The first-order valence-corrected chi connectivity index (χ1v) is 11.0. The molecule has 0 bridgehead atoms. The van der Waals surface area contributed by atoms with Crippen LogP contribution in [0.2, 0.25) is 0 Å². The van der Waals surface area contributed by atoms with Crippen molar-refractivity contribution in [2.45, 2.75) is 25.8 Å². The third kappa shape index (κ3) is 20.0. The van der Waals surface area contributed by atoms with Gasteiger partial charge in [0.2, 0.25) is 23.6 Å². The van der Waals surface area contributed by atoms with Crippen LogP contribution in [0, 0.1) is 0 Å². The van der Waals surface area contributed by atoms with Crippen molar-refractivity contribution in [2.24, 2.45) is 5.73 Å². The highest BCUT2D eigenvalue weighted by Gasteiger charge is 2.15. The van der Waals surface area contributed by atoms with Gasteiger partial charge >= 0.3 is 0 Å². The Morgan fingerprint density at radius 1 is 0.781 bits per heavy atom. The maximum Gasteiger partial charge on any atom is 0.242 e. The Bertz CT molecular complexity index is 553. The Kier molecular flexibility index (Phi) is 19.7.